The maximum absolute atomic E-state index is 6.62. The summed E-state index contributed by atoms with van der Waals surface area (Å²) in [5.41, 5.74) is 9.10. The van der Waals surface area contributed by atoms with Crippen LogP contribution in [0.5, 0.6) is 11.5 Å². The Balaban J connectivity index is 1.48. The van der Waals surface area contributed by atoms with Gasteiger partial charge in [0.1, 0.15) is 11.5 Å². The molecule has 0 N–H and O–H groups in total. The van der Waals surface area contributed by atoms with E-state index < -0.39 is 0 Å². The molecule has 0 saturated carbocycles. The number of hydrogen-bond acceptors (Lipinski definition) is 4. The van der Waals surface area contributed by atoms with Gasteiger partial charge in [-0.3, -0.25) is 4.57 Å². The molecule has 46 heavy (non-hydrogen) atoms. The van der Waals surface area contributed by atoms with Crippen molar-refractivity contribution in [2.45, 2.75) is 0 Å². The van der Waals surface area contributed by atoms with Crippen LogP contribution in [-0.4, -0.2) is 19.5 Å². The van der Waals surface area contributed by atoms with Gasteiger partial charge in [0.25, 0.3) is 0 Å². The van der Waals surface area contributed by atoms with E-state index in [1.807, 2.05) is 91.0 Å². The second-order valence-electron chi connectivity index (χ2n) is 11.2. The first kappa shape index (κ1) is 26.1. The summed E-state index contributed by atoms with van der Waals surface area (Å²) in [6.45, 7) is 0. The van der Waals surface area contributed by atoms with Gasteiger partial charge in [-0.2, -0.15) is 9.97 Å². The lowest BCUT2D eigenvalue weighted by molar-refractivity contribution is 0.487. The zero-order valence-corrected chi connectivity index (χ0v) is 24.7. The Kier molecular flexibility index (Phi) is 6.06. The van der Waals surface area contributed by atoms with Crippen molar-refractivity contribution in [3.05, 3.63) is 158 Å². The summed E-state index contributed by atoms with van der Waals surface area (Å²) >= 11 is 0. The van der Waals surface area contributed by atoms with Gasteiger partial charge >= 0.3 is 0 Å². The first-order valence-corrected chi connectivity index (χ1v) is 15.3. The van der Waals surface area contributed by atoms with Gasteiger partial charge in [0, 0.05) is 38.8 Å². The standard InChI is InChI=1S/C41H26N4O/c1-4-15-27(16-5-1)30-23-14-24-33-36-31-21-10-12-25-34(31)46-35-26-13-11-22-32(35)38(36)45(37(30)33)41-43-39(28-17-6-2-7-18-28)42-40(44-41)29-19-8-3-9-20-29/h1-26H. The first-order chi connectivity index (χ1) is 22.8. The van der Waals surface area contributed by atoms with Gasteiger partial charge in [-0.25, -0.2) is 4.98 Å². The number of rotatable bonds is 4. The van der Waals surface area contributed by atoms with Crippen LogP contribution in [-0.2, 0) is 0 Å². The molecule has 5 nitrogen and oxygen atoms in total. The van der Waals surface area contributed by atoms with Crippen molar-refractivity contribution >= 4 is 10.9 Å². The minimum atomic E-state index is 0.538. The highest BCUT2D eigenvalue weighted by Gasteiger charge is 2.30. The predicted molar refractivity (Wildman–Crippen MR) is 184 cm³/mol. The summed E-state index contributed by atoms with van der Waals surface area (Å²) in [5, 5.41) is 1.09. The fourth-order valence-corrected chi connectivity index (χ4v) is 6.45. The molecule has 1 aliphatic heterocycles. The Morgan fingerprint density at radius 3 is 1.54 bits per heavy atom. The normalized spacial score (nSPS) is 11.7. The van der Waals surface area contributed by atoms with Crippen LogP contribution in [0.4, 0.5) is 0 Å². The highest BCUT2D eigenvalue weighted by atomic mass is 16.5. The predicted octanol–water partition coefficient (Wildman–Crippen LogP) is 10.3. The van der Waals surface area contributed by atoms with Crippen molar-refractivity contribution in [1.29, 1.82) is 0 Å². The number of ether oxygens (including phenoxy) is 1. The lowest BCUT2D eigenvalue weighted by Crippen LogP contribution is -2.08. The lowest BCUT2D eigenvalue weighted by atomic mass is 9.96. The Bertz CT molecular complexity index is 2320. The molecule has 0 aliphatic carbocycles. The summed E-state index contributed by atoms with van der Waals surface area (Å²) in [6, 6.07) is 53.7. The molecular formula is C41H26N4O. The molecule has 0 spiro atoms. The highest BCUT2D eigenvalue weighted by Crippen LogP contribution is 2.52. The minimum absolute atomic E-state index is 0.538. The summed E-state index contributed by atoms with van der Waals surface area (Å²) in [4.78, 5) is 15.4. The zero-order valence-electron chi connectivity index (χ0n) is 24.7. The average molecular weight is 591 g/mol. The maximum atomic E-state index is 6.62. The quantitative estimate of drug-likeness (QED) is 0.205. The fraction of sp³-hybridized carbons (Fsp3) is 0. The third kappa shape index (κ3) is 4.21. The fourth-order valence-electron chi connectivity index (χ4n) is 6.45. The Morgan fingerprint density at radius 2 is 0.913 bits per heavy atom. The third-order valence-corrected chi connectivity index (χ3v) is 8.48. The largest absolute Gasteiger partial charge is 0.456 e. The van der Waals surface area contributed by atoms with Crippen molar-refractivity contribution in [1.82, 2.24) is 19.5 Å². The smallest absolute Gasteiger partial charge is 0.238 e. The number of fused-ring (bicyclic) bond motifs is 7. The van der Waals surface area contributed by atoms with Gasteiger partial charge in [0.2, 0.25) is 5.95 Å². The van der Waals surface area contributed by atoms with Crippen LogP contribution in [0.1, 0.15) is 0 Å². The summed E-state index contributed by atoms with van der Waals surface area (Å²) < 4.78 is 8.84. The molecule has 5 heteroatoms. The molecule has 9 rings (SSSR count). The van der Waals surface area contributed by atoms with E-state index in [9.17, 15) is 0 Å². The monoisotopic (exact) mass is 590 g/mol. The van der Waals surface area contributed by atoms with Crippen molar-refractivity contribution in [3.63, 3.8) is 0 Å². The first-order valence-electron chi connectivity index (χ1n) is 15.3. The second kappa shape index (κ2) is 10.7. The number of hydrogen-bond donors (Lipinski definition) is 0. The van der Waals surface area contributed by atoms with E-state index in [4.69, 9.17) is 19.7 Å². The molecule has 0 bridgehead atoms. The van der Waals surface area contributed by atoms with Crippen LogP contribution in [0, 0.1) is 0 Å². The van der Waals surface area contributed by atoms with Gasteiger partial charge in [0.05, 0.1) is 11.2 Å². The van der Waals surface area contributed by atoms with Gasteiger partial charge in [-0.15, -0.1) is 0 Å². The molecule has 0 saturated heterocycles. The number of aromatic nitrogens is 4. The molecule has 216 valence electrons. The summed E-state index contributed by atoms with van der Waals surface area (Å²) in [6.07, 6.45) is 0. The van der Waals surface area contributed by atoms with E-state index in [0.717, 1.165) is 67.0 Å². The SMILES string of the molecule is c1ccc(-c2nc(-c3ccccc3)nc(-n3c4c(c5cccc(-c6ccccc6)c53)-c3ccccc3Oc3ccccc3-4)n2)cc1. The van der Waals surface area contributed by atoms with E-state index in [2.05, 4.69) is 71.3 Å². The molecule has 1 aliphatic rings. The maximum Gasteiger partial charge on any atom is 0.238 e. The van der Waals surface area contributed by atoms with Crippen molar-refractivity contribution in [3.8, 4) is 73.7 Å². The van der Waals surface area contributed by atoms with Crippen LogP contribution in [0.3, 0.4) is 0 Å². The molecule has 8 aromatic rings. The van der Waals surface area contributed by atoms with E-state index >= 15 is 0 Å². The van der Waals surface area contributed by atoms with Crippen LogP contribution in [0.25, 0.3) is 73.1 Å². The Hall–Kier alpha value is -6.33. The zero-order chi connectivity index (χ0) is 30.5. The van der Waals surface area contributed by atoms with E-state index in [1.165, 1.54) is 0 Å². The highest BCUT2D eigenvalue weighted by molar-refractivity contribution is 6.12. The topological polar surface area (TPSA) is 52.8 Å². The molecule has 0 fully saturated rings. The Morgan fingerprint density at radius 1 is 0.413 bits per heavy atom. The van der Waals surface area contributed by atoms with Crippen molar-refractivity contribution < 1.29 is 4.74 Å². The van der Waals surface area contributed by atoms with E-state index in [-0.39, 0.29) is 0 Å². The molecule has 6 aromatic carbocycles. The van der Waals surface area contributed by atoms with Crippen molar-refractivity contribution in [2.75, 3.05) is 0 Å². The van der Waals surface area contributed by atoms with E-state index in [1.54, 1.807) is 0 Å². The molecule has 2 aromatic heterocycles. The number of para-hydroxylation sites is 3. The molecule has 0 atom stereocenters. The van der Waals surface area contributed by atoms with Crippen LogP contribution in [0.2, 0.25) is 0 Å². The van der Waals surface area contributed by atoms with Crippen LogP contribution >= 0.6 is 0 Å². The molecule has 0 unspecified atom stereocenters. The minimum Gasteiger partial charge on any atom is -0.456 e. The molecule has 3 heterocycles. The molecule has 0 amide bonds. The van der Waals surface area contributed by atoms with Gasteiger partial charge in [-0.1, -0.05) is 140 Å². The van der Waals surface area contributed by atoms with Gasteiger partial charge in [0.15, 0.2) is 11.6 Å². The second-order valence-corrected chi connectivity index (χ2v) is 11.2. The summed E-state index contributed by atoms with van der Waals surface area (Å²) in [7, 11) is 0. The van der Waals surface area contributed by atoms with Crippen molar-refractivity contribution in [2.24, 2.45) is 0 Å². The van der Waals surface area contributed by atoms with Crippen LogP contribution < -0.4 is 4.74 Å². The average Bonchev–Trinajstić information content (AvgIpc) is 3.40. The van der Waals surface area contributed by atoms with E-state index in [0.29, 0.717) is 17.6 Å². The van der Waals surface area contributed by atoms with Gasteiger partial charge < -0.3 is 4.74 Å². The lowest BCUT2D eigenvalue weighted by Gasteiger charge is -2.16. The molecular weight excluding hydrogens is 564 g/mol. The third-order valence-electron chi connectivity index (χ3n) is 8.48. The summed E-state index contributed by atoms with van der Waals surface area (Å²) in [5.74, 6) is 3.34. The van der Waals surface area contributed by atoms with Gasteiger partial charge in [-0.05, 0) is 23.8 Å². The number of benzene rings is 6. The number of nitrogens with zero attached hydrogens (tertiary/aromatic N) is 4. The molecule has 0 radical (unpaired) electrons. The Labute approximate surface area is 266 Å². The van der Waals surface area contributed by atoms with Crippen LogP contribution in [0.15, 0.2) is 158 Å².